The van der Waals surface area contributed by atoms with E-state index >= 15 is 0 Å². The number of aliphatic hydroxyl groups is 1. The van der Waals surface area contributed by atoms with E-state index in [1.807, 2.05) is 30.3 Å². The summed E-state index contributed by atoms with van der Waals surface area (Å²) in [6.45, 7) is 6.41. The number of rotatable bonds is 4. The third-order valence-corrected chi connectivity index (χ3v) is 3.78. The lowest BCUT2D eigenvalue weighted by Crippen LogP contribution is -1.95. The summed E-state index contributed by atoms with van der Waals surface area (Å²) < 4.78 is 6.82. The van der Waals surface area contributed by atoms with Gasteiger partial charge in [-0.25, -0.2) is 0 Å². The normalized spacial score (nSPS) is 10.9. The highest BCUT2D eigenvalue weighted by atomic mass is 79.9. The molecule has 106 valence electrons. The maximum absolute atomic E-state index is 9.39. The predicted octanol–water partition coefficient (Wildman–Crippen LogP) is 5.17. The Bertz CT molecular complexity index is 606. The summed E-state index contributed by atoms with van der Waals surface area (Å²) in [5, 5.41) is 9.39. The lowest BCUT2D eigenvalue weighted by molar-refractivity contribution is 0.276. The zero-order chi connectivity index (χ0) is 14.7. The fourth-order valence-corrected chi connectivity index (χ4v) is 2.67. The first kappa shape index (κ1) is 15.1. The molecule has 0 fully saturated rings. The van der Waals surface area contributed by atoms with Gasteiger partial charge in [0, 0.05) is 10.0 Å². The highest BCUT2D eigenvalue weighted by Crippen LogP contribution is 2.30. The van der Waals surface area contributed by atoms with Crippen LogP contribution < -0.4 is 4.74 Å². The predicted molar refractivity (Wildman–Crippen MR) is 85.4 cm³/mol. The minimum absolute atomic E-state index is 0.0438. The Kier molecular flexibility index (Phi) is 4.84. The Hall–Kier alpha value is -1.32. The second-order valence-electron chi connectivity index (χ2n) is 5.19. The van der Waals surface area contributed by atoms with E-state index in [0.717, 1.165) is 15.8 Å². The minimum atomic E-state index is -0.0438. The van der Waals surface area contributed by atoms with Crippen LogP contribution in [0.5, 0.6) is 11.5 Å². The first-order valence-electron chi connectivity index (χ1n) is 6.69. The van der Waals surface area contributed by atoms with Crippen LogP contribution in [0, 0.1) is 6.92 Å². The Labute approximate surface area is 128 Å². The SMILES string of the molecule is Cc1cc(Oc2ccc(Br)cc2CO)ccc1C(C)C. The van der Waals surface area contributed by atoms with Gasteiger partial charge in [-0.15, -0.1) is 0 Å². The molecule has 2 nitrogen and oxygen atoms in total. The first-order chi connectivity index (χ1) is 9.51. The molecule has 0 radical (unpaired) electrons. The molecular weight excluding hydrogens is 316 g/mol. The average Bonchev–Trinajstić information content (AvgIpc) is 2.40. The van der Waals surface area contributed by atoms with E-state index in [9.17, 15) is 5.11 Å². The van der Waals surface area contributed by atoms with Gasteiger partial charge in [-0.3, -0.25) is 0 Å². The first-order valence-corrected chi connectivity index (χ1v) is 7.48. The van der Waals surface area contributed by atoms with Crippen molar-refractivity contribution in [2.45, 2.75) is 33.3 Å². The Morgan fingerprint density at radius 3 is 2.50 bits per heavy atom. The van der Waals surface area contributed by atoms with E-state index in [-0.39, 0.29) is 6.61 Å². The van der Waals surface area contributed by atoms with Gasteiger partial charge < -0.3 is 9.84 Å². The van der Waals surface area contributed by atoms with Crippen molar-refractivity contribution in [3.05, 3.63) is 57.6 Å². The Morgan fingerprint density at radius 1 is 1.15 bits per heavy atom. The van der Waals surface area contributed by atoms with Crippen molar-refractivity contribution in [1.82, 2.24) is 0 Å². The van der Waals surface area contributed by atoms with E-state index < -0.39 is 0 Å². The second-order valence-corrected chi connectivity index (χ2v) is 6.10. The van der Waals surface area contributed by atoms with Crippen LogP contribution in [-0.4, -0.2) is 5.11 Å². The van der Waals surface area contributed by atoms with Crippen LogP contribution >= 0.6 is 15.9 Å². The van der Waals surface area contributed by atoms with Crippen molar-refractivity contribution in [2.75, 3.05) is 0 Å². The van der Waals surface area contributed by atoms with Crippen LogP contribution in [0.15, 0.2) is 40.9 Å². The molecule has 0 bridgehead atoms. The highest BCUT2D eigenvalue weighted by molar-refractivity contribution is 9.10. The molecule has 0 aliphatic rings. The Morgan fingerprint density at radius 2 is 1.90 bits per heavy atom. The molecule has 0 aromatic heterocycles. The van der Waals surface area contributed by atoms with Gasteiger partial charge in [-0.2, -0.15) is 0 Å². The summed E-state index contributed by atoms with van der Waals surface area (Å²) in [5.41, 5.74) is 3.32. The van der Waals surface area contributed by atoms with Gasteiger partial charge in [-0.05, 0) is 54.3 Å². The summed E-state index contributed by atoms with van der Waals surface area (Å²) >= 11 is 3.39. The van der Waals surface area contributed by atoms with Crippen molar-refractivity contribution < 1.29 is 9.84 Å². The van der Waals surface area contributed by atoms with Crippen molar-refractivity contribution >= 4 is 15.9 Å². The van der Waals surface area contributed by atoms with Crippen molar-refractivity contribution in [3.8, 4) is 11.5 Å². The van der Waals surface area contributed by atoms with Gasteiger partial charge >= 0.3 is 0 Å². The number of benzene rings is 2. The quantitative estimate of drug-likeness (QED) is 0.836. The van der Waals surface area contributed by atoms with Gasteiger partial charge in [0.25, 0.3) is 0 Å². The van der Waals surface area contributed by atoms with E-state index in [1.54, 1.807) is 0 Å². The van der Waals surface area contributed by atoms with Crippen molar-refractivity contribution in [2.24, 2.45) is 0 Å². The van der Waals surface area contributed by atoms with E-state index in [0.29, 0.717) is 11.7 Å². The molecule has 0 atom stereocenters. The largest absolute Gasteiger partial charge is 0.457 e. The van der Waals surface area contributed by atoms with E-state index in [1.165, 1.54) is 11.1 Å². The third-order valence-electron chi connectivity index (χ3n) is 3.28. The average molecular weight is 335 g/mol. The molecule has 2 aromatic rings. The standard InChI is InChI=1S/C17H19BrO2/c1-11(2)16-6-5-15(8-12(16)3)20-17-7-4-14(18)9-13(17)10-19/h4-9,11,19H,10H2,1-3H3. The highest BCUT2D eigenvalue weighted by Gasteiger charge is 2.08. The molecule has 0 spiro atoms. The fourth-order valence-electron chi connectivity index (χ4n) is 2.26. The molecule has 0 saturated carbocycles. The van der Waals surface area contributed by atoms with Crippen LogP contribution in [-0.2, 0) is 6.61 Å². The number of aliphatic hydroxyl groups excluding tert-OH is 1. The van der Waals surface area contributed by atoms with E-state index in [2.05, 4.69) is 42.8 Å². The Balaban J connectivity index is 2.28. The van der Waals surface area contributed by atoms with Crippen LogP contribution in [0.1, 0.15) is 36.5 Å². The summed E-state index contributed by atoms with van der Waals surface area (Å²) in [6.07, 6.45) is 0. The summed E-state index contributed by atoms with van der Waals surface area (Å²) in [5.74, 6) is 1.99. The molecule has 0 amide bonds. The van der Waals surface area contributed by atoms with Gasteiger partial charge in [0.05, 0.1) is 6.61 Å². The topological polar surface area (TPSA) is 29.5 Å². The molecule has 0 heterocycles. The molecule has 3 heteroatoms. The number of aryl methyl sites for hydroxylation is 1. The number of ether oxygens (including phenoxy) is 1. The van der Waals surface area contributed by atoms with Crippen LogP contribution in [0.4, 0.5) is 0 Å². The summed E-state index contributed by atoms with van der Waals surface area (Å²) in [7, 11) is 0. The van der Waals surface area contributed by atoms with Crippen molar-refractivity contribution in [1.29, 1.82) is 0 Å². The summed E-state index contributed by atoms with van der Waals surface area (Å²) in [6, 6.07) is 11.8. The summed E-state index contributed by atoms with van der Waals surface area (Å²) in [4.78, 5) is 0. The molecule has 0 aliphatic carbocycles. The minimum Gasteiger partial charge on any atom is -0.457 e. The van der Waals surface area contributed by atoms with Crippen LogP contribution in [0.3, 0.4) is 0 Å². The number of hydrogen-bond acceptors (Lipinski definition) is 2. The van der Waals surface area contributed by atoms with Crippen molar-refractivity contribution in [3.63, 3.8) is 0 Å². The molecule has 0 saturated heterocycles. The lowest BCUT2D eigenvalue weighted by Gasteiger charge is -2.14. The molecule has 1 N–H and O–H groups in total. The molecule has 0 unspecified atom stereocenters. The smallest absolute Gasteiger partial charge is 0.133 e. The molecule has 2 aromatic carbocycles. The molecule has 0 aliphatic heterocycles. The zero-order valence-corrected chi connectivity index (χ0v) is 13.6. The van der Waals surface area contributed by atoms with E-state index in [4.69, 9.17) is 4.74 Å². The third kappa shape index (κ3) is 3.41. The van der Waals surface area contributed by atoms with Crippen LogP contribution in [0.25, 0.3) is 0 Å². The molecule has 2 rings (SSSR count). The second kappa shape index (κ2) is 6.42. The zero-order valence-electron chi connectivity index (χ0n) is 12.0. The fraction of sp³-hybridized carbons (Fsp3) is 0.294. The van der Waals surface area contributed by atoms with Gasteiger partial charge in [0.15, 0.2) is 0 Å². The molecular formula is C17H19BrO2. The molecule has 20 heavy (non-hydrogen) atoms. The maximum Gasteiger partial charge on any atom is 0.133 e. The van der Waals surface area contributed by atoms with Gasteiger partial charge in [0.2, 0.25) is 0 Å². The number of hydrogen-bond donors (Lipinski definition) is 1. The van der Waals surface area contributed by atoms with Gasteiger partial charge in [0.1, 0.15) is 11.5 Å². The maximum atomic E-state index is 9.39. The number of halogens is 1. The lowest BCUT2D eigenvalue weighted by atomic mass is 9.98. The van der Waals surface area contributed by atoms with Crippen LogP contribution in [0.2, 0.25) is 0 Å². The van der Waals surface area contributed by atoms with Gasteiger partial charge in [-0.1, -0.05) is 35.8 Å². The monoisotopic (exact) mass is 334 g/mol.